The van der Waals surface area contributed by atoms with Gasteiger partial charge in [0, 0.05) is 12.1 Å². The summed E-state index contributed by atoms with van der Waals surface area (Å²) in [5, 5.41) is 3.55. The van der Waals surface area contributed by atoms with Crippen molar-refractivity contribution in [3.8, 4) is 0 Å². The van der Waals surface area contributed by atoms with Crippen LogP contribution in [0.4, 0.5) is 0 Å². The molecule has 1 heterocycles. The van der Waals surface area contributed by atoms with E-state index in [0.717, 1.165) is 18.3 Å². The van der Waals surface area contributed by atoms with Crippen LogP contribution in [0.15, 0.2) is 12.2 Å². The molecule has 5 atom stereocenters. The number of fused-ring (bicyclic) bond motifs is 2. The van der Waals surface area contributed by atoms with E-state index >= 15 is 0 Å². The molecule has 0 spiro atoms. The van der Waals surface area contributed by atoms with Crippen molar-refractivity contribution in [3.63, 3.8) is 0 Å². The topological polar surface area (TPSA) is 46.2 Å². The molecule has 2 bridgehead atoms. The van der Waals surface area contributed by atoms with Gasteiger partial charge in [0.25, 0.3) is 0 Å². The predicted molar refractivity (Wildman–Crippen MR) is 68.5 cm³/mol. The Balaban J connectivity index is 1.58. The smallest absolute Gasteiger partial charge is 0.151 e. The summed E-state index contributed by atoms with van der Waals surface area (Å²) in [6.45, 7) is 2.23. The maximum absolute atomic E-state index is 11.4. The van der Waals surface area contributed by atoms with E-state index in [1.165, 1.54) is 12.8 Å². The molecule has 1 saturated carbocycles. The van der Waals surface area contributed by atoms with E-state index in [1.807, 2.05) is 0 Å². The van der Waals surface area contributed by atoms with Crippen molar-refractivity contribution in [2.75, 3.05) is 11.5 Å². The number of allylic oxidation sites excluding steroid dienone is 2. The maximum Gasteiger partial charge on any atom is 0.151 e. The Hall–Kier alpha value is -0.350. The average molecular weight is 255 g/mol. The predicted octanol–water partition coefficient (Wildman–Crippen LogP) is 1.36. The van der Waals surface area contributed by atoms with Crippen molar-refractivity contribution in [2.45, 2.75) is 38.3 Å². The molecule has 0 aromatic heterocycles. The lowest BCUT2D eigenvalue weighted by Gasteiger charge is -2.28. The van der Waals surface area contributed by atoms with E-state index in [-0.39, 0.29) is 6.04 Å². The zero-order valence-electron chi connectivity index (χ0n) is 10.3. The van der Waals surface area contributed by atoms with E-state index in [9.17, 15) is 8.42 Å². The zero-order chi connectivity index (χ0) is 12.0. The number of nitrogens with one attached hydrogen (secondary N) is 1. The van der Waals surface area contributed by atoms with Gasteiger partial charge in [-0.25, -0.2) is 8.42 Å². The second-order valence-electron chi connectivity index (χ2n) is 6.00. The SMILES string of the molecule is CC(NC1CCS(=O)(=O)C1)C1CC2C=CC1C2. The summed E-state index contributed by atoms with van der Waals surface area (Å²) in [7, 11) is -2.75. The second kappa shape index (κ2) is 4.09. The standard InChI is InChI=1S/C13H21NO2S/c1-9(13-7-10-2-3-11(13)6-10)14-12-4-5-17(15,16)8-12/h2-3,9-14H,4-8H2,1H3. The Kier molecular flexibility index (Phi) is 2.82. The zero-order valence-corrected chi connectivity index (χ0v) is 11.1. The molecular weight excluding hydrogens is 234 g/mol. The molecule has 4 heteroatoms. The first-order valence-electron chi connectivity index (χ1n) is 6.68. The molecule has 2 fully saturated rings. The van der Waals surface area contributed by atoms with Gasteiger partial charge in [0.05, 0.1) is 11.5 Å². The normalized spacial score (nSPS) is 44.3. The molecule has 0 aromatic rings. The molecule has 5 unspecified atom stereocenters. The van der Waals surface area contributed by atoms with Crippen LogP contribution in [-0.2, 0) is 9.84 Å². The summed E-state index contributed by atoms with van der Waals surface area (Å²) in [5.74, 6) is 2.96. The van der Waals surface area contributed by atoms with Crippen LogP contribution in [0.25, 0.3) is 0 Å². The lowest BCUT2D eigenvalue weighted by molar-refractivity contribution is 0.307. The van der Waals surface area contributed by atoms with Gasteiger partial charge in [-0.2, -0.15) is 0 Å². The van der Waals surface area contributed by atoms with Crippen molar-refractivity contribution < 1.29 is 8.42 Å². The van der Waals surface area contributed by atoms with Crippen molar-refractivity contribution >= 4 is 9.84 Å². The molecule has 2 aliphatic carbocycles. The first-order chi connectivity index (χ1) is 8.03. The van der Waals surface area contributed by atoms with E-state index in [2.05, 4.69) is 24.4 Å². The highest BCUT2D eigenvalue weighted by Gasteiger charge is 2.39. The molecule has 0 aromatic carbocycles. The minimum absolute atomic E-state index is 0.193. The van der Waals surface area contributed by atoms with Gasteiger partial charge in [-0.1, -0.05) is 12.2 Å². The summed E-state index contributed by atoms with van der Waals surface area (Å²) in [6, 6.07) is 0.645. The van der Waals surface area contributed by atoms with Gasteiger partial charge in [-0.3, -0.25) is 0 Å². The Morgan fingerprint density at radius 2 is 2.12 bits per heavy atom. The van der Waals surface area contributed by atoms with Gasteiger partial charge in [-0.15, -0.1) is 0 Å². The number of sulfone groups is 1. The summed E-state index contributed by atoms with van der Waals surface area (Å²) in [5.41, 5.74) is 0. The fraction of sp³-hybridized carbons (Fsp3) is 0.846. The van der Waals surface area contributed by atoms with Gasteiger partial charge >= 0.3 is 0 Å². The molecule has 1 aliphatic heterocycles. The van der Waals surface area contributed by atoms with Gasteiger partial charge in [0.2, 0.25) is 0 Å². The molecule has 17 heavy (non-hydrogen) atoms. The van der Waals surface area contributed by atoms with Crippen molar-refractivity contribution in [1.29, 1.82) is 0 Å². The van der Waals surface area contributed by atoms with Gasteiger partial charge in [0.15, 0.2) is 9.84 Å². The molecule has 0 amide bonds. The van der Waals surface area contributed by atoms with Crippen LogP contribution in [0.5, 0.6) is 0 Å². The highest BCUT2D eigenvalue weighted by molar-refractivity contribution is 7.91. The molecule has 96 valence electrons. The van der Waals surface area contributed by atoms with Crippen LogP contribution in [0, 0.1) is 17.8 Å². The molecular formula is C13H21NO2S. The summed E-state index contributed by atoms with van der Waals surface area (Å²) < 4.78 is 22.8. The Morgan fingerprint density at radius 1 is 1.29 bits per heavy atom. The lowest BCUT2D eigenvalue weighted by atomic mass is 9.87. The van der Waals surface area contributed by atoms with E-state index in [4.69, 9.17) is 0 Å². The molecule has 3 nitrogen and oxygen atoms in total. The largest absolute Gasteiger partial charge is 0.310 e. The van der Waals surface area contributed by atoms with E-state index < -0.39 is 9.84 Å². The maximum atomic E-state index is 11.4. The number of hydrogen-bond donors (Lipinski definition) is 1. The molecule has 3 aliphatic rings. The Bertz CT molecular complexity index is 429. The summed E-state index contributed by atoms with van der Waals surface area (Å²) >= 11 is 0. The van der Waals surface area contributed by atoms with Gasteiger partial charge in [0.1, 0.15) is 0 Å². The Labute approximate surface area is 104 Å². The highest BCUT2D eigenvalue weighted by Crippen LogP contribution is 2.44. The molecule has 1 N–H and O–H groups in total. The minimum atomic E-state index is -2.75. The second-order valence-corrected chi connectivity index (χ2v) is 8.23. The summed E-state index contributed by atoms with van der Waals surface area (Å²) in [4.78, 5) is 0. The highest BCUT2D eigenvalue weighted by atomic mass is 32.2. The monoisotopic (exact) mass is 255 g/mol. The van der Waals surface area contributed by atoms with Crippen LogP contribution in [0.2, 0.25) is 0 Å². The first kappa shape index (κ1) is 11.7. The fourth-order valence-corrected chi connectivity index (χ4v) is 5.51. The lowest BCUT2D eigenvalue weighted by Crippen LogP contribution is -2.42. The van der Waals surface area contributed by atoms with Crippen LogP contribution in [-0.4, -0.2) is 32.0 Å². The minimum Gasteiger partial charge on any atom is -0.310 e. The third kappa shape index (κ3) is 2.29. The van der Waals surface area contributed by atoms with Crippen molar-refractivity contribution in [2.24, 2.45) is 17.8 Å². The third-order valence-corrected chi connectivity index (χ3v) is 6.47. The molecule has 3 rings (SSSR count). The van der Waals surface area contributed by atoms with Crippen molar-refractivity contribution in [1.82, 2.24) is 5.32 Å². The quantitative estimate of drug-likeness (QED) is 0.775. The van der Waals surface area contributed by atoms with Gasteiger partial charge in [-0.05, 0) is 43.9 Å². The molecule has 0 radical (unpaired) electrons. The van der Waals surface area contributed by atoms with Crippen molar-refractivity contribution in [3.05, 3.63) is 12.2 Å². The van der Waals surface area contributed by atoms with Gasteiger partial charge < -0.3 is 5.32 Å². The van der Waals surface area contributed by atoms with Crippen LogP contribution in [0.1, 0.15) is 26.2 Å². The van der Waals surface area contributed by atoms with E-state index in [1.54, 1.807) is 0 Å². The molecule has 1 saturated heterocycles. The number of rotatable bonds is 3. The van der Waals surface area contributed by atoms with E-state index in [0.29, 0.717) is 23.5 Å². The fourth-order valence-electron chi connectivity index (χ4n) is 3.82. The first-order valence-corrected chi connectivity index (χ1v) is 8.50. The number of hydrogen-bond acceptors (Lipinski definition) is 3. The van der Waals surface area contributed by atoms with Crippen LogP contribution < -0.4 is 5.32 Å². The average Bonchev–Trinajstić information content (AvgIpc) is 2.93. The Morgan fingerprint density at radius 3 is 2.65 bits per heavy atom. The van der Waals surface area contributed by atoms with Crippen LogP contribution >= 0.6 is 0 Å². The third-order valence-electron chi connectivity index (χ3n) is 4.70. The van der Waals surface area contributed by atoms with Crippen LogP contribution in [0.3, 0.4) is 0 Å². The summed E-state index contributed by atoms with van der Waals surface area (Å²) in [6.07, 6.45) is 8.12.